The Morgan fingerprint density at radius 1 is 0.931 bits per heavy atom. The number of unbranched alkanes of at least 4 members (excludes halogenated alkanes) is 1. The number of nitrogens with one attached hydrogen (secondary N) is 1. The minimum atomic E-state index is -3.42. The SMILES string of the molecule is O=C[C](CCCCNS(=O)(=O)c1cccs1)N(Cc1cccs1)Cc1cccs1. The van der Waals surface area contributed by atoms with Crippen LogP contribution in [0.4, 0.5) is 0 Å². The lowest BCUT2D eigenvalue weighted by Crippen LogP contribution is -2.29. The fraction of sp³-hybridized carbons (Fsp3) is 0.300. The maximum Gasteiger partial charge on any atom is 0.250 e. The van der Waals surface area contributed by atoms with Gasteiger partial charge in [-0.2, -0.15) is 0 Å². The number of carbonyl (C=O) groups excluding carboxylic acids is 1. The minimum absolute atomic E-state index is 0.329. The highest BCUT2D eigenvalue weighted by Gasteiger charge is 2.21. The number of nitrogens with zero attached hydrogens (tertiary/aromatic N) is 1. The topological polar surface area (TPSA) is 66.5 Å². The molecule has 29 heavy (non-hydrogen) atoms. The summed E-state index contributed by atoms with van der Waals surface area (Å²) in [4.78, 5) is 16.4. The van der Waals surface area contributed by atoms with Crippen LogP contribution in [0.2, 0.25) is 0 Å². The Hall–Kier alpha value is -1.36. The Labute approximate surface area is 184 Å². The van der Waals surface area contributed by atoms with E-state index < -0.39 is 10.0 Å². The highest BCUT2D eigenvalue weighted by molar-refractivity contribution is 7.91. The van der Waals surface area contributed by atoms with E-state index in [-0.39, 0.29) is 0 Å². The van der Waals surface area contributed by atoms with Gasteiger partial charge in [0.15, 0.2) is 0 Å². The van der Waals surface area contributed by atoms with E-state index in [1.54, 1.807) is 40.2 Å². The Kier molecular flexibility index (Phi) is 8.58. The van der Waals surface area contributed by atoms with Crippen LogP contribution in [0.5, 0.6) is 0 Å². The maximum atomic E-state index is 12.1. The molecule has 3 heterocycles. The summed E-state index contributed by atoms with van der Waals surface area (Å²) < 4.78 is 27.2. The molecule has 0 bridgehead atoms. The fourth-order valence-corrected chi connectivity index (χ4v) is 6.41. The summed E-state index contributed by atoms with van der Waals surface area (Å²) in [5, 5.41) is 5.83. The highest BCUT2D eigenvalue weighted by atomic mass is 32.2. The van der Waals surface area contributed by atoms with Gasteiger partial charge in [0, 0.05) is 29.4 Å². The van der Waals surface area contributed by atoms with E-state index in [2.05, 4.69) is 21.8 Å². The first kappa shape index (κ1) is 22.3. The molecule has 0 aliphatic heterocycles. The van der Waals surface area contributed by atoms with Gasteiger partial charge in [-0.3, -0.25) is 4.90 Å². The van der Waals surface area contributed by atoms with Crippen molar-refractivity contribution in [3.05, 3.63) is 68.3 Å². The van der Waals surface area contributed by atoms with Crippen molar-refractivity contribution < 1.29 is 13.2 Å². The zero-order valence-corrected chi connectivity index (χ0v) is 19.1. The largest absolute Gasteiger partial charge is 0.301 e. The van der Waals surface area contributed by atoms with Crippen LogP contribution in [0.3, 0.4) is 0 Å². The quantitative estimate of drug-likeness (QED) is 0.291. The molecule has 9 heteroatoms. The number of sulfonamides is 1. The van der Waals surface area contributed by atoms with Gasteiger partial charge in [0.1, 0.15) is 16.5 Å². The average molecular weight is 468 g/mol. The molecule has 0 aromatic carbocycles. The molecule has 155 valence electrons. The van der Waals surface area contributed by atoms with Gasteiger partial charge in [-0.15, -0.1) is 34.0 Å². The minimum Gasteiger partial charge on any atom is -0.301 e. The number of hydrogen-bond donors (Lipinski definition) is 1. The van der Waals surface area contributed by atoms with Crippen molar-refractivity contribution in [1.82, 2.24) is 9.62 Å². The molecule has 3 aromatic rings. The molecule has 5 nitrogen and oxygen atoms in total. The van der Waals surface area contributed by atoms with Gasteiger partial charge in [-0.25, -0.2) is 13.1 Å². The van der Waals surface area contributed by atoms with Crippen LogP contribution in [0, 0.1) is 6.04 Å². The van der Waals surface area contributed by atoms with E-state index in [1.165, 1.54) is 21.1 Å². The molecule has 0 aliphatic rings. The summed E-state index contributed by atoms with van der Waals surface area (Å²) in [5.74, 6) is 0. The van der Waals surface area contributed by atoms with Crippen LogP contribution < -0.4 is 4.72 Å². The Balaban J connectivity index is 1.51. The molecule has 3 aromatic heterocycles. The molecule has 0 spiro atoms. The van der Waals surface area contributed by atoms with Crippen LogP contribution in [-0.2, 0) is 27.9 Å². The lowest BCUT2D eigenvalue weighted by Gasteiger charge is -2.26. The third-order valence-corrected chi connectivity index (χ3v) is 8.89. The van der Waals surface area contributed by atoms with Crippen molar-refractivity contribution in [2.45, 2.75) is 36.6 Å². The van der Waals surface area contributed by atoms with E-state index in [1.807, 2.05) is 22.9 Å². The van der Waals surface area contributed by atoms with Crippen LogP contribution in [-0.4, -0.2) is 26.1 Å². The number of aldehydes is 1. The van der Waals surface area contributed by atoms with Crippen LogP contribution in [0.15, 0.2) is 56.7 Å². The second-order valence-electron chi connectivity index (χ2n) is 6.41. The molecule has 1 N–H and O–H groups in total. The van der Waals surface area contributed by atoms with E-state index in [0.717, 1.165) is 18.7 Å². The summed E-state index contributed by atoms with van der Waals surface area (Å²) in [7, 11) is -3.42. The molecule has 0 fully saturated rings. The predicted molar refractivity (Wildman–Crippen MR) is 121 cm³/mol. The molecule has 0 atom stereocenters. The van der Waals surface area contributed by atoms with E-state index in [0.29, 0.717) is 36.7 Å². The van der Waals surface area contributed by atoms with E-state index >= 15 is 0 Å². The van der Waals surface area contributed by atoms with Gasteiger partial charge in [-0.1, -0.05) is 18.2 Å². The van der Waals surface area contributed by atoms with Gasteiger partial charge >= 0.3 is 0 Å². The Morgan fingerprint density at radius 3 is 2.07 bits per heavy atom. The summed E-state index contributed by atoms with van der Waals surface area (Å²) >= 11 is 4.57. The van der Waals surface area contributed by atoms with Gasteiger partial charge in [-0.05, 0) is 53.6 Å². The Bertz CT molecular complexity index is 900. The summed E-state index contributed by atoms with van der Waals surface area (Å²) in [6.07, 6.45) is 2.98. The summed E-state index contributed by atoms with van der Waals surface area (Å²) in [6, 6.07) is 12.3. The first-order valence-electron chi connectivity index (χ1n) is 9.22. The molecule has 0 saturated carbocycles. The number of hydrogen-bond acceptors (Lipinski definition) is 7. The van der Waals surface area contributed by atoms with Crippen LogP contribution >= 0.6 is 34.0 Å². The van der Waals surface area contributed by atoms with Crippen molar-refractivity contribution in [1.29, 1.82) is 0 Å². The number of carbonyl (C=O) groups is 1. The lowest BCUT2D eigenvalue weighted by molar-refractivity contribution is -0.109. The van der Waals surface area contributed by atoms with E-state index in [9.17, 15) is 13.2 Å². The normalized spacial score (nSPS) is 12.1. The number of thiophene rings is 3. The second kappa shape index (κ2) is 11.1. The first-order valence-corrected chi connectivity index (χ1v) is 13.3. The van der Waals surface area contributed by atoms with Gasteiger partial charge in [0.25, 0.3) is 0 Å². The van der Waals surface area contributed by atoms with Gasteiger partial charge in [0.2, 0.25) is 10.0 Å². The monoisotopic (exact) mass is 467 g/mol. The third kappa shape index (κ3) is 6.84. The molecular weight excluding hydrogens is 444 g/mol. The average Bonchev–Trinajstić information content (AvgIpc) is 3.48. The van der Waals surface area contributed by atoms with Crippen molar-refractivity contribution in [3.63, 3.8) is 0 Å². The Morgan fingerprint density at radius 2 is 1.55 bits per heavy atom. The van der Waals surface area contributed by atoms with Crippen molar-refractivity contribution in [3.8, 4) is 0 Å². The van der Waals surface area contributed by atoms with Crippen molar-refractivity contribution in [2.24, 2.45) is 0 Å². The summed E-state index contributed by atoms with van der Waals surface area (Å²) in [5.41, 5.74) is 0. The predicted octanol–water partition coefficient (Wildman–Crippen LogP) is 4.75. The maximum absolute atomic E-state index is 12.1. The smallest absolute Gasteiger partial charge is 0.250 e. The molecule has 0 saturated heterocycles. The zero-order valence-electron chi connectivity index (χ0n) is 15.8. The van der Waals surface area contributed by atoms with Crippen molar-refractivity contribution in [2.75, 3.05) is 6.54 Å². The molecule has 0 aliphatic carbocycles. The summed E-state index contributed by atoms with van der Waals surface area (Å²) in [6.45, 7) is 1.77. The van der Waals surface area contributed by atoms with Crippen LogP contribution in [0.25, 0.3) is 0 Å². The first-order chi connectivity index (χ1) is 14.1. The fourth-order valence-electron chi connectivity index (χ4n) is 2.86. The van der Waals surface area contributed by atoms with Gasteiger partial charge < -0.3 is 4.79 Å². The zero-order chi connectivity index (χ0) is 20.5. The number of rotatable bonds is 13. The standard InChI is InChI=1S/C20H23N2O3S4/c23-16-17(6-1-2-10-21-29(24,25)20-9-5-13-28-20)22(14-18-7-3-11-26-18)15-19-8-4-12-27-19/h3-5,7-9,11-13,16,21H,1-2,6,10,14-15H2. The molecule has 1 radical (unpaired) electrons. The molecule has 0 amide bonds. The molecule has 3 rings (SSSR count). The van der Waals surface area contributed by atoms with Crippen LogP contribution in [0.1, 0.15) is 29.0 Å². The molecule has 0 unspecified atom stereocenters. The highest BCUT2D eigenvalue weighted by Crippen LogP contribution is 2.24. The molecular formula is C20H23N2O3S4. The second-order valence-corrected chi connectivity index (χ2v) is 11.4. The lowest BCUT2D eigenvalue weighted by atomic mass is 10.1. The third-order valence-electron chi connectivity index (χ3n) is 4.31. The van der Waals surface area contributed by atoms with E-state index in [4.69, 9.17) is 0 Å². The van der Waals surface area contributed by atoms with Gasteiger partial charge in [0.05, 0.1) is 0 Å². The van der Waals surface area contributed by atoms with Crippen molar-refractivity contribution >= 4 is 50.3 Å².